The Morgan fingerprint density at radius 3 is 2.39 bits per heavy atom. The van der Waals surface area contributed by atoms with Gasteiger partial charge in [0.25, 0.3) is 5.91 Å². The average Bonchev–Trinajstić information content (AvgIpc) is 3.29. The standard InChI is InChI=1S/C22H20Cl3N5O2S/c1-13-6-3-4-7-17(13)30-29-15-9-10-16(14(2)12-15)26-21(33)28-20(22(23,24)25)27-19(31)18-8-5-11-32-18/h3-12,20H,1-2H3,(H,27,31)(H2,26,28,33). The number of amides is 1. The molecule has 3 N–H and O–H groups in total. The van der Waals surface area contributed by atoms with Crippen LogP contribution in [0, 0.1) is 13.8 Å². The number of thiocarbonyl (C=S) groups is 1. The van der Waals surface area contributed by atoms with Gasteiger partial charge >= 0.3 is 0 Å². The molecule has 0 aliphatic rings. The van der Waals surface area contributed by atoms with Gasteiger partial charge in [-0.2, -0.15) is 10.2 Å². The molecule has 3 aromatic rings. The number of hydrogen-bond acceptors (Lipinski definition) is 5. The molecule has 0 fully saturated rings. The zero-order chi connectivity index (χ0) is 24.0. The molecule has 0 saturated carbocycles. The molecular weight excluding hydrogens is 505 g/mol. The van der Waals surface area contributed by atoms with Crippen LogP contribution in [0.25, 0.3) is 0 Å². The van der Waals surface area contributed by atoms with Gasteiger partial charge in [-0.05, 0) is 73.6 Å². The number of carbonyl (C=O) groups is 1. The molecule has 3 rings (SSSR count). The Balaban J connectivity index is 1.66. The van der Waals surface area contributed by atoms with E-state index in [1.807, 2.05) is 44.2 Å². The van der Waals surface area contributed by atoms with Crippen LogP contribution in [0.3, 0.4) is 0 Å². The van der Waals surface area contributed by atoms with Gasteiger partial charge in [-0.25, -0.2) is 0 Å². The van der Waals surface area contributed by atoms with Gasteiger partial charge in [0.1, 0.15) is 6.17 Å². The highest BCUT2D eigenvalue weighted by Gasteiger charge is 2.35. The molecule has 172 valence electrons. The summed E-state index contributed by atoms with van der Waals surface area (Å²) >= 11 is 23.4. The maximum absolute atomic E-state index is 12.3. The quantitative estimate of drug-likeness (QED) is 0.144. The summed E-state index contributed by atoms with van der Waals surface area (Å²) in [6.45, 7) is 3.87. The summed E-state index contributed by atoms with van der Waals surface area (Å²) in [5.41, 5.74) is 4.10. The first-order valence-corrected chi connectivity index (χ1v) is 11.2. The Bertz CT molecular complexity index is 1160. The number of carbonyl (C=O) groups excluding carboxylic acids is 1. The van der Waals surface area contributed by atoms with Crippen molar-refractivity contribution >= 4 is 75.1 Å². The highest BCUT2D eigenvalue weighted by molar-refractivity contribution is 7.80. The number of aryl methyl sites for hydroxylation is 2. The molecule has 0 radical (unpaired) electrons. The highest BCUT2D eigenvalue weighted by atomic mass is 35.6. The van der Waals surface area contributed by atoms with E-state index in [1.165, 1.54) is 12.3 Å². The molecule has 2 aromatic carbocycles. The minimum Gasteiger partial charge on any atom is -0.459 e. The van der Waals surface area contributed by atoms with Crippen molar-refractivity contribution in [1.29, 1.82) is 0 Å². The molecule has 11 heteroatoms. The van der Waals surface area contributed by atoms with Gasteiger partial charge in [-0.3, -0.25) is 4.79 Å². The van der Waals surface area contributed by atoms with Crippen molar-refractivity contribution in [3.63, 3.8) is 0 Å². The van der Waals surface area contributed by atoms with Crippen molar-refractivity contribution in [2.45, 2.75) is 23.8 Å². The molecule has 1 heterocycles. The number of nitrogens with zero attached hydrogens (tertiary/aromatic N) is 2. The largest absolute Gasteiger partial charge is 0.459 e. The van der Waals surface area contributed by atoms with Crippen molar-refractivity contribution < 1.29 is 9.21 Å². The molecule has 1 aromatic heterocycles. The van der Waals surface area contributed by atoms with E-state index < -0.39 is 15.9 Å². The Morgan fingerprint density at radius 1 is 1.00 bits per heavy atom. The average molecular weight is 525 g/mol. The smallest absolute Gasteiger partial charge is 0.288 e. The lowest BCUT2D eigenvalue weighted by molar-refractivity contribution is 0.0906. The summed E-state index contributed by atoms with van der Waals surface area (Å²) in [7, 11) is 0. The molecular formula is C22H20Cl3N5O2S. The lowest BCUT2D eigenvalue weighted by Crippen LogP contribution is -2.56. The summed E-state index contributed by atoms with van der Waals surface area (Å²) in [5.74, 6) is -0.493. The van der Waals surface area contributed by atoms with E-state index in [-0.39, 0.29) is 10.9 Å². The van der Waals surface area contributed by atoms with Crippen LogP contribution in [0.5, 0.6) is 0 Å². The van der Waals surface area contributed by atoms with Crippen LogP contribution < -0.4 is 16.0 Å². The summed E-state index contributed by atoms with van der Waals surface area (Å²) in [6, 6.07) is 16.3. The number of benzene rings is 2. The van der Waals surface area contributed by atoms with E-state index in [9.17, 15) is 4.79 Å². The van der Waals surface area contributed by atoms with E-state index in [2.05, 4.69) is 26.2 Å². The van der Waals surface area contributed by atoms with E-state index in [4.69, 9.17) is 51.4 Å². The Hall–Kier alpha value is -2.65. The van der Waals surface area contributed by atoms with Crippen LogP contribution in [0.15, 0.2) is 75.5 Å². The first kappa shape index (κ1) is 25.0. The lowest BCUT2D eigenvalue weighted by Gasteiger charge is -2.27. The maximum Gasteiger partial charge on any atom is 0.288 e. The topological polar surface area (TPSA) is 91.0 Å². The molecule has 0 bridgehead atoms. The van der Waals surface area contributed by atoms with Gasteiger partial charge in [0.15, 0.2) is 10.9 Å². The zero-order valence-corrected chi connectivity index (χ0v) is 20.7. The second-order valence-corrected chi connectivity index (χ2v) is 9.79. The number of nitrogens with one attached hydrogen (secondary N) is 3. The monoisotopic (exact) mass is 523 g/mol. The summed E-state index contributed by atoms with van der Waals surface area (Å²) in [5, 5.41) is 17.1. The Labute approximate surface area is 211 Å². The van der Waals surface area contributed by atoms with Gasteiger partial charge in [-0.15, -0.1) is 0 Å². The minimum absolute atomic E-state index is 0.0706. The molecule has 1 unspecified atom stereocenters. The fourth-order valence-electron chi connectivity index (χ4n) is 2.74. The van der Waals surface area contributed by atoms with Crippen molar-refractivity contribution in [3.8, 4) is 0 Å². The predicted molar refractivity (Wildman–Crippen MR) is 136 cm³/mol. The van der Waals surface area contributed by atoms with E-state index in [0.29, 0.717) is 11.4 Å². The number of anilines is 1. The molecule has 7 nitrogen and oxygen atoms in total. The van der Waals surface area contributed by atoms with Crippen molar-refractivity contribution in [3.05, 3.63) is 77.7 Å². The molecule has 0 aliphatic carbocycles. The van der Waals surface area contributed by atoms with Crippen molar-refractivity contribution in [2.24, 2.45) is 10.2 Å². The second-order valence-electron chi connectivity index (χ2n) is 7.01. The molecule has 1 amide bonds. The van der Waals surface area contributed by atoms with Crippen LogP contribution in [0.4, 0.5) is 17.1 Å². The van der Waals surface area contributed by atoms with Crippen LogP contribution in [0.2, 0.25) is 0 Å². The number of azo groups is 1. The number of halogens is 3. The zero-order valence-electron chi connectivity index (χ0n) is 17.6. The van der Waals surface area contributed by atoms with Crippen LogP contribution in [0.1, 0.15) is 21.7 Å². The van der Waals surface area contributed by atoms with Gasteiger partial charge in [0.05, 0.1) is 17.6 Å². The molecule has 1 atom stereocenters. The lowest BCUT2D eigenvalue weighted by atomic mass is 10.2. The van der Waals surface area contributed by atoms with E-state index in [0.717, 1.165) is 16.8 Å². The third kappa shape index (κ3) is 7.17. The summed E-state index contributed by atoms with van der Waals surface area (Å²) in [6.07, 6.45) is 0.244. The minimum atomic E-state index is -1.89. The van der Waals surface area contributed by atoms with Crippen LogP contribution >= 0.6 is 47.0 Å². The van der Waals surface area contributed by atoms with E-state index in [1.54, 1.807) is 18.2 Å². The number of alkyl halides is 3. The predicted octanol–water partition coefficient (Wildman–Crippen LogP) is 6.72. The second kappa shape index (κ2) is 11.0. The molecule has 0 saturated heterocycles. The third-order valence-corrected chi connectivity index (χ3v) is 5.34. The van der Waals surface area contributed by atoms with Crippen molar-refractivity contribution in [2.75, 3.05) is 5.32 Å². The fraction of sp³-hybridized carbons (Fsp3) is 0.182. The number of hydrogen-bond donors (Lipinski definition) is 3. The van der Waals surface area contributed by atoms with E-state index >= 15 is 0 Å². The molecule has 0 spiro atoms. The van der Waals surface area contributed by atoms with Gasteiger partial charge in [0, 0.05) is 5.69 Å². The fourth-order valence-corrected chi connectivity index (χ4v) is 3.29. The van der Waals surface area contributed by atoms with Crippen molar-refractivity contribution in [1.82, 2.24) is 10.6 Å². The van der Waals surface area contributed by atoms with Gasteiger partial charge < -0.3 is 20.4 Å². The summed E-state index contributed by atoms with van der Waals surface area (Å²) in [4.78, 5) is 12.3. The van der Waals surface area contributed by atoms with Crippen LogP contribution in [-0.2, 0) is 0 Å². The SMILES string of the molecule is Cc1ccccc1N=Nc1ccc(NC(=S)NC(NC(=O)c2ccco2)C(Cl)(Cl)Cl)c(C)c1. The molecule has 0 aliphatic heterocycles. The van der Waals surface area contributed by atoms with Gasteiger partial charge in [-0.1, -0.05) is 53.0 Å². The normalized spacial score (nSPS) is 12.4. The van der Waals surface area contributed by atoms with Gasteiger partial charge in [0.2, 0.25) is 3.79 Å². The Morgan fingerprint density at radius 2 is 1.76 bits per heavy atom. The summed E-state index contributed by atoms with van der Waals surface area (Å²) < 4.78 is 3.17. The third-order valence-electron chi connectivity index (χ3n) is 4.47. The Kier molecular flexibility index (Phi) is 8.31. The van der Waals surface area contributed by atoms with Crippen LogP contribution in [-0.4, -0.2) is 21.0 Å². The highest BCUT2D eigenvalue weighted by Crippen LogP contribution is 2.30. The maximum atomic E-state index is 12.3. The first-order chi connectivity index (χ1) is 15.6. The first-order valence-electron chi connectivity index (χ1n) is 9.70. The number of furan rings is 1. The molecule has 33 heavy (non-hydrogen) atoms. The number of rotatable bonds is 6.